The molecule has 190 valence electrons. The highest BCUT2D eigenvalue weighted by molar-refractivity contribution is 5.82. The number of rotatable bonds is 5. The molecule has 1 saturated carbocycles. The highest BCUT2D eigenvalue weighted by Crippen LogP contribution is 2.32. The van der Waals surface area contributed by atoms with E-state index in [2.05, 4.69) is 69.3 Å². The summed E-state index contributed by atoms with van der Waals surface area (Å²) in [6.07, 6.45) is 4.91. The van der Waals surface area contributed by atoms with Crippen LogP contribution in [0.3, 0.4) is 0 Å². The highest BCUT2D eigenvalue weighted by atomic mass is 16.3. The molecule has 1 aromatic carbocycles. The van der Waals surface area contributed by atoms with E-state index in [1.165, 1.54) is 11.3 Å². The molecule has 4 heterocycles. The molecule has 8 heteroatoms. The van der Waals surface area contributed by atoms with Crippen LogP contribution in [-0.2, 0) is 4.79 Å². The van der Waals surface area contributed by atoms with Crippen LogP contribution >= 0.6 is 0 Å². The first kappa shape index (κ1) is 23.3. The molecule has 3 aromatic rings. The summed E-state index contributed by atoms with van der Waals surface area (Å²) in [5.74, 6) is 0.222. The number of aliphatic hydroxyl groups excluding tert-OH is 1. The lowest BCUT2D eigenvalue weighted by Gasteiger charge is -2.40. The summed E-state index contributed by atoms with van der Waals surface area (Å²) in [5, 5.41) is 14.1. The minimum Gasteiger partial charge on any atom is -0.393 e. The number of piperazine rings is 2. The Labute approximate surface area is 212 Å². The van der Waals surface area contributed by atoms with E-state index in [0.29, 0.717) is 12.8 Å². The van der Waals surface area contributed by atoms with Gasteiger partial charge in [0.05, 0.1) is 17.3 Å². The molecule has 0 radical (unpaired) electrons. The van der Waals surface area contributed by atoms with Gasteiger partial charge in [-0.25, -0.2) is 4.52 Å². The Bertz CT molecular complexity index is 1200. The minimum absolute atomic E-state index is 0.0136. The molecule has 2 aliphatic heterocycles. The van der Waals surface area contributed by atoms with Gasteiger partial charge in [-0.3, -0.25) is 4.79 Å². The number of amides is 1. The fraction of sp³-hybridized carbons (Fsp3) is 0.500. The van der Waals surface area contributed by atoms with Gasteiger partial charge >= 0.3 is 0 Å². The average molecular weight is 489 g/mol. The molecule has 1 amide bonds. The predicted octanol–water partition coefficient (Wildman–Crippen LogP) is 2.56. The van der Waals surface area contributed by atoms with E-state index in [1.54, 1.807) is 0 Å². The van der Waals surface area contributed by atoms with Crippen molar-refractivity contribution in [1.82, 2.24) is 19.4 Å². The highest BCUT2D eigenvalue weighted by Gasteiger charge is 2.36. The van der Waals surface area contributed by atoms with Gasteiger partial charge in [0.15, 0.2) is 0 Å². The van der Waals surface area contributed by atoms with Crippen LogP contribution in [0.4, 0.5) is 11.4 Å². The van der Waals surface area contributed by atoms with Gasteiger partial charge < -0.3 is 24.7 Å². The number of anilines is 2. The summed E-state index contributed by atoms with van der Waals surface area (Å²) in [4.78, 5) is 22.0. The largest absolute Gasteiger partial charge is 0.393 e. The maximum atomic E-state index is 12.7. The molecule has 0 spiro atoms. The fourth-order valence-corrected chi connectivity index (χ4v) is 5.83. The lowest BCUT2D eigenvalue weighted by atomic mass is 9.81. The molecule has 2 saturated heterocycles. The fourth-order valence-electron chi connectivity index (χ4n) is 5.83. The monoisotopic (exact) mass is 488 g/mol. The van der Waals surface area contributed by atoms with Crippen molar-refractivity contribution in [2.75, 3.05) is 68.7 Å². The van der Waals surface area contributed by atoms with E-state index in [-0.39, 0.29) is 17.9 Å². The van der Waals surface area contributed by atoms with Crippen molar-refractivity contribution in [3.05, 3.63) is 48.8 Å². The molecule has 8 nitrogen and oxygen atoms in total. The van der Waals surface area contributed by atoms with Crippen LogP contribution in [0.5, 0.6) is 0 Å². The number of likely N-dealkylation sites (N-methyl/N-ethyl adjacent to an activating group) is 1. The Balaban J connectivity index is 1.15. The predicted molar refractivity (Wildman–Crippen MR) is 142 cm³/mol. The number of carbonyl (C=O) groups excluding carboxylic acids is 1. The molecule has 6 rings (SSSR count). The van der Waals surface area contributed by atoms with E-state index in [9.17, 15) is 9.90 Å². The molecular weight excluding hydrogens is 452 g/mol. The Kier molecular flexibility index (Phi) is 6.31. The van der Waals surface area contributed by atoms with Crippen molar-refractivity contribution >= 4 is 22.8 Å². The van der Waals surface area contributed by atoms with Crippen LogP contribution < -0.4 is 9.80 Å². The minimum atomic E-state index is -0.290. The molecule has 0 atom stereocenters. The summed E-state index contributed by atoms with van der Waals surface area (Å²) >= 11 is 0. The lowest BCUT2D eigenvalue weighted by Crippen LogP contribution is -2.52. The average Bonchev–Trinajstić information content (AvgIpc) is 3.36. The summed E-state index contributed by atoms with van der Waals surface area (Å²) < 4.78 is 1.97. The molecule has 3 aliphatic rings. The van der Waals surface area contributed by atoms with Gasteiger partial charge in [-0.1, -0.05) is 19.1 Å². The molecule has 36 heavy (non-hydrogen) atoms. The molecule has 1 aliphatic carbocycles. The lowest BCUT2D eigenvalue weighted by molar-refractivity contribution is -0.142. The van der Waals surface area contributed by atoms with Crippen LogP contribution in [0.1, 0.15) is 19.8 Å². The van der Waals surface area contributed by atoms with Gasteiger partial charge in [0.1, 0.15) is 0 Å². The van der Waals surface area contributed by atoms with E-state index in [4.69, 9.17) is 0 Å². The molecular formula is C28H36N6O2. The molecule has 1 N–H and O–H groups in total. The van der Waals surface area contributed by atoms with Gasteiger partial charge in [-0.2, -0.15) is 5.10 Å². The number of hydrogen-bond donors (Lipinski definition) is 1. The molecule has 2 aromatic heterocycles. The van der Waals surface area contributed by atoms with Crippen molar-refractivity contribution in [2.45, 2.75) is 25.9 Å². The summed E-state index contributed by atoms with van der Waals surface area (Å²) in [6.45, 7) is 10.8. The number of fused-ring (bicyclic) bond motifs is 1. The van der Waals surface area contributed by atoms with E-state index in [0.717, 1.165) is 75.7 Å². The number of benzene rings is 1. The first-order valence-electron chi connectivity index (χ1n) is 13.4. The van der Waals surface area contributed by atoms with Gasteiger partial charge in [-0.05, 0) is 49.2 Å². The van der Waals surface area contributed by atoms with Crippen molar-refractivity contribution in [2.24, 2.45) is 5.92 Å². The normalized spacial score (nSPS) is 23.2. The Morgan fingerprint density at radius 1 is 0.917 bits per heavy atom. The summed E-state index contributed by atoms with van der Waals surface area (Å²) in [5.41, 5.74) is 5.90. The van der Waals surface area contributed by atoms with Crippen LogP contribution in [0.15, 0.2) is 48.8 Å². The second kappa shape index (κ2) is 9.75. The maximum absolute atomic E-state index is 12.7. The standard InChI is InChI=1S/C28H36N6O2/c1-2-30-9-11-31(12-10-30)24-5-3-21(4-6-24)23-19-27-26(7-8-29-34(27)20-23)32-13-15-33(16-14-32)28(36)22-17-25(35)18-22/h3-8,19-20,22,25,35H,2,9-18H2,1H3/t22-,25-. The van der Waals surface area contributed by atoms with E-state index >= 15 is 0 Å². The van der Waals surface area contributed by atoms with E-state index in [1.807, 2.05) is 15.6 Å². The van der Waals surface area contributed by atoms with Gasteiger partial charge in [0.2, 0.25) is 5.91 Å². The Hall–Kier alpha value is -3.10. The molecule has 3 fully saturated rings. The van der Waals surface area contributed by atoms with Crippen LogP contribution in [0.25, 0.3) is 16.6 Å². The molecule has 0 bridgehead atoms. The number of hydrogen-bond acceptors (Lipinski definition) is 6. The first-order chi connectivity index (χ1) is 17.6. The van der Waals surface area contributed by atoms with Crippen LogP contribution in [-0.4, -0.2) is 95.4 Å². The van der Waals surface area contributed by atoms with Crippen LogP contribution in [0, 0.1) is 5.92 Å². The maximum Gasteiger partial charge on any atom is 0.226 e. The zero-order valence-corrected chi connectivity index (χ0v) is 21.1. The second-order valence-corrected chi connectivity index (χ2v) is 10.4. The second-order valence-electron chi connectivity index (χ2n) is 10.4. The third-order valence-electron chi connectivity index (χ3n) is 8.27. The number of carbonyl (C=O) groups is 1. The van der Waals surface area contributed by atoms with Crippen molar-refractivity contribution in [1.29, 1.82) is 0 Å². The third kappa shape index (κ3) is 4.44. The first-order valence-corrected chi connectivity index (χ1v) is 13.4. The number of aliphatic hydroxyl groups is 1. The Morgan fingerprint density at radius 2 is 1.61 bits per heavy atom. The zero-order chi connectivity index (χ0) is 24.6. The van der Waals surface area contributed by atoms with Gasteiger partial charge in [0.25, 0.3) is 0 Å². The SMILES string of the molecule is CCN1CCN(c2ccc(-c3cc4c(N5CCN(C(=O)[C@H]6C[C@H](O)C6)CC5)ccnn4c3)cc2)CC1. The van der Waals surface area contributed by atoms with Gasteiger partial charge in [-0.15, -0.1) is 0 Å². The summed E-state index contributed by atoms with van der Waals surface area (Å²) in [7, 11) is 0. The third-order valence-corrected chi connectivity index (χ3v) is 8.27. The van der Waals surface area contributed by atoms with Crippen molar-refractivity contribution in [3.63, 3.8) is 0 Å². The topological polar surface area (TPSA) is 67.6 Å². The smallest absolute Gasteiger partial charge is 0.226 e. The zero-order valence-electron chi connectivity index (χ0n) is 21.1. The summed E-state index contributed by atoms with van der Waals surface area (Å²) in [6, 6.07) is 13.2. The van der Waals surface area contributed by atoms with Crippen molar-refractivity contribution < 1.29 is 9.90 Å². The van der Waals surface area contributed by atoms with Crippen molar-refractivity contribution in [3.8, 4) is 11.1 Å². The quantitative estimate of drug-likeness (QED) is 0.596. The van der Waals surface area contributed by atoms with Gasteiger partial charge in [0, 0.05) is 81.9 Å². The Morgan fingerprint density at radius 3 is 2.28 bits per heavy atom. The number of nitrogens with zero attached hydrogens (tertiary/aromatic N) is 6. The molecule has 0 unspecified atom stereocenters. The van der Waals surface area contributed by atoms with E-state index < -0.39 is 0 Å². The number of aromatic nitrogens is 2. The van der Waals surface area contributed by atoms with Crippen LogP contribution in [0.2, 0.25) is 0 Å².